The monoisotopic (exact) mass is 324 g/mol. The number of hydrogen-bond acceptors (Lipinski definition) is 4. The van der Waals surface area contributed by atoms with Gasteiger partial charge in [-0.15, -0.1) is 11.3 Å². The minimum atomic E-state index is -0.164. The van der Waals surface area contributed by atoms with Crippen LogP contribution in [-0.2, 0) is 11.3 Å². The van der Waals surface area contributed by atoms with Crippen LogP contribution in [0.1, 0.15) is 5.01 Å². The predicted octanol–water partition coefficient (Wildman–Crippen LogP) is 3.51. The molecule has 4 nitrogen and oxygen atoms in total. The van der Waals surface area contributed by atoms with E-state index in [1.807, 2.05) is 60.0 Å². The lowest BCUT2D eigenvalue weighted by atomic mass is 10.1. The summed E-state index contributed by atoms with van der Waals surface area (Å²) in [6.45, 7) is 0.412. The van der Waals surface area contributed by atoms with Crippen LogP contribution in [0.15, 0.2) is 66.2 Å². The van der Waals surface area contributed by atoms with Crippen LogP contribution < -0.4 is 10.1 Å². The van der Waals surface area contributed by atoms with Gasteiger partial charge in [-0.1, -0.05) is 48.5 Å². The normalized spacial score (nSPS) is 10.3. The third-order valence-electron chi connectivity index (χ3n) is 3.25. The molecule has 23 heavy (non-hydrogen) atoms. The van der Waals surface area contributed by atoms with Crippen molar-refractivity contribution < 1.29 is 9.53 Å². The van der Waals surface area contributed by atoms with Crippen molar-refractivity contribution in [1.82, 2.24) is 10.3 Å². The van der Waals surface area contributed by atoms with E-state index in [2.05, 4.69) is 10.3 Å². The van der Waals surface area contributed by atoms with Gasteiger partial charge in [0.2, 0.25) is 0 Å². The Kier molecular flexibility index (Phi) is 5.01. The summed E-state index contributed by atoms with van der Waals surface area (Å²) in [6, 6.07) is 17.7. The average Bonchev–Trinajstić information content (AvgIpc) is 3.13. The summed E-state index contributed by atoms with van der Waals surface area (Å²) in [5.74, 6) is 0.533. The van der Waals surface area contributed by atoms with Crippen LogP contribution in [0, 0.1) is 0 Å². The van der Waals surface area contributed by atoms with Crippen molar-refractivity contribution in [3.63, 3.8) is 0 Å². The molecule has 0 atom stereocenters. The molecule has 2 aromatic carbocycles. The first kappa shape index (κ1) is 15.2. The highest BCUT2D eigenvalue weighted by Gasteiger charge is 2.08. The summed E-state index contributed by atoms with van der Waals surface area (Å²) < 4.78 is 5.69. The minimum absolute atomic E-state index is 0.0186. The van der Waals surface area contributed by atoms with E-state index in [0.29, 0.717) is 12.3 Å². The Hall–Kier alpha value is -2.66. The molecule has 0 radical (unpaired) electrons. The number of rotatable bonds is 6. The number of nitrogens with one attached hydrogen (secondary N) is 1. The van der Waals surface area contributed by atoms with Gasteiger partial charge in [0, 0.05) is 17.1 Å². The smallest absolute Gasteiger partial charge is 0.258 e. The van der Waals surface area contributed by atoms with E-state index in [9.17, 15) is 4.79 Å². The SMILES string of the molecule is O=C(COc1ccccc1-c1ccccc1)NCc1nccs1. The largest absolute Gasteiger partial charge is 0.483 e. The number of para-hydroxylation sites is 1. The second-order valence-electron chi connectivity index (χ2n) is 4.85. The molecule has 3 rings (SSSR count). The van der Waals surface area contributed by atoms with E-state index in [1.54, 1.807) is 6.20 Å². The highest BCUT2D eigenvalue weighted by atomic mass is 32.1. The third kappa shape index (κ3) is 4.17. The number of hydrogen-bond donors (Lipinski definition) is 1. The zero-order valence-corrected chi connectivity index (χ0v) is 13.3. The van der Waals surface area contributed by atoms with Crippen LogP contribution in [0.3, 0.4) is 0 Å². The molecular formula is C18H16N2O2S. The fraction of sp³-hybridized carbons (Fsp3) is 0.111. The van der Waals surface area contributed by atoms with Crippen molar-refractivity contribution in [2.45, 2.75) is 6.54 Å². The van der Waals surface area contributed by atoms with Crippen LogP contribution in [0.25, 0.3) is 11.1 Å². The Morgan fingerprint density at radius 2 is 1.87 bits per heavy atom. The second kappa shape index (κ2) is 7.56. The lowest BCUT2D eigenvalue weighted by molar-refractivity contribution is -0.123. The maximum Gasteiger partial charge on any atom is 0.258 e. The summed E-state index contributed by atoms with van der Waals surface area (Å²) in [7, 11) is 0. The Morgan fingerprint density at radius 1 is 1.09 bits per heavy atom. The molecule has 1 amide bonds. The van der Waals surface area contributed by atoms with Gasteiger partial charge in [-0.25, -0.2) is 4.98 Å². The number of carbonyl (C=O) groups is 1. The van der Waals surface area contributed by atoms with Crippen LogP contribution in [-0.4, -0.2) is 17.5 Å². The Morgan fingerprint density at radius 3 is 2.65 bits per heavy atom. The highest BCUT2D eigenvalue weighted by molar-refractivity contribution is 7.09. The van der Waals surface area contributed by atoms with E-state index in [0.717, 1.165) is 16.1 Å². The Bertz CT molecular complexity index is 758. The number of amides is 1. The van der Waals surface area contributed by atoms with Crippen molar-refractivity contribution in [1.29, 1.82) is 0 Å². The maximum absolute atomic E-state index is 11.9. The van der Waals surface area contributed by atoms with Crippen molar-refractivity contribution in [2.75, 3.05) is 6.61 Å². The quantitative estimate of drug-likeness (QED) is 0.755. The standard InChI is InChI=1S/C18H16N2O2S/c21-17(20-12-18-19-10-11-23-18)13-22-16-9-5-4-8-15(16)14-6-2-1-3-7-14/h1-11H,12-13H2,(H,20,21). The number of carbonyl (C=O) groups excluding carboxylic acids is 1. The fourth-order valence-electron chi connectivity index (χ4n) is 2.16. The van der Waals surface area contributed by atoms with E-state index >= 15 is 0 Å². The molecule has 1 aromatic heterocycles. The molecule has 116 valence electrons. The molecule has 0 saturated carbocycles. The topological polar surface area (TPSA) is 51.2 Å². The number of thiazole rings is 1. The lowest BCUT2D eigenvalue weighted by Crippen LogP contribution is -2.28. The van der Waals surface area contributed by atoms with Gasteiger partial charge in [-0.2, -0.15) is 0 Å². The molecule has 0 aliphatic heterocycles. The zero-order chi connectivity index (χ0) is 15.9. The summed E-state index contributed by atoms with van der Waals surface area (Å²) in [6.07, 6.45) is 1.72. The number of ether oxygens (including phenoxy) is 1. The molecule has 3 aromatic rings. The van der Waals surface area contributed by atoms with Crippen molar-refractivity contribution >= 4 is 17.2 Å². The fourth-order valence-corrected chi connectivity index (χ4v) is 2.71. The molecule has 5 heteroatoms. The average molecular weight is 324 g/mol. The van der Waals surface area contributed by atoms with Gasteiger partial charge in [0.1, 0.15) is 10.8 Å². The molecule has 1 N–H and O–H groups in total. The number of aromatic nitrogens is 1. The third-order valence-corrected chi connectivity index (χ3v) is 4.03. The molecule has 1 heterocycles. The molecule has 0 fully saturated rings. The first-order valence-corrected chi connectivity index (χ1v) is 8.13. The number of nitrogens with zero attached hydrogens (tertiary/aromatic N) is 1. The molecule has 0 aliphatic carbocycles. The van der Waals surface area contributed by atoms with E-state index in [1.165, 1.54) is 11.3 Å². The van der Waals surface area contributed by atoms with Crippen molar-refractivity contribution in [2.24, 2.45) is 0 Å². The van der Waals surface area contributed by atoms with Gasteiger partial charge in [-0.05, 0) is 11.6 Å². The van der Waals surface area contributed by atoms with Gasteiger partial charge in [0.05, 0.1) is 6.54 Å². The maximum atomic E-state index is 11.9. The molecule has 0 bridgehead atoms. The van der Waals surface area contributed by atoms with Crippen LogP contribution >= 0.6 is 11.3 Å². The first-order chi connectivity index (χ1) is 11.3. The van der Waals surface area contributed by atoms with Gasteiger partial charge in [0.25, 0.3) is 5.91 Å². The van der Waals surface area contributed by atoms with Gasteiger partial charge < -0.3 is 10.1 Å². The molecular weight excluding hydrogens is 308 g/mol. The molecule has 0 unspecified atom stereocenters. The van der Waals surface area contributed by atoms with E-state index in [4.69, 9.17) is 4.74 Å². The van der Waals surface area contributed by atoms with E-state index < -0.39 is 0 Å². The molecule has 0 saturated heterocycles. The highest BCUT2D eigenvalue weighted by Crippen LogP contribution is 2.29. The summed E-state index contributed by atoms with van der Waals surface area (Å²) >= 11 is 1.51. The zero-order valence-electron chi connectivity index (χ0n) is 12.4. The summed E-state index contributed by atoms with van der Waals surface area (Å²) in [4.78, 5) is 16.0. The molecule has 0 spiro atoms. The first-order valence-electron chi connectivity index (χ1n) is 7.25. The Labute approximate surface area is 138 Å². The lowest BCUT2D eigenvalue weighted by Gasteiger charge is -2.11. The van der Waals surface area contributed by atoms with Gasteiger partial charge >= 0.3 is 0 Å². The minimum Gasteiger partial charge on any atom is -0.483 e. The summed E-state index contributed by atoms with van der Waals surface area (Å²) in [5.41, 5.74) is 2.03. The van der Waals surface area contributed by atoms with Gasteiger partial charge in [-0.3, -0.25) is 4.79 Å². The van der Waals surface area contributed by atoms with Crippen LogP contribution in [0.2, 0.25) is 0 Å². The van der Waals surface area contributed by atoms with Gasteiger partial charge in [0.15, 0.2) is 6.61 Å². The van der Waals surface area contributed by atoms with Crippen molar-refractivity contribution in [3.8, 4) is 16.9 Å². The van der Waals surface area contributed by atoms with E-state index in [-0.39, 0.29) is 12.5 Å². The van der Waals surface area contributed by atoms with Crippen LogP contribution in [0.4, 0.5) is 0 Å². The Balaban J connectivity index is 1.61. The predicted molar refractivity (Wildman–Crippen MR) is 91.3 cm³/mol. The summed E-state index contributed by atoms with van der Waals surface area (Å²) in [5, 5.41) is 5.56. The number of benzene rings is 2. The van der Waals surface area contributed by atoms with Crippen molar-refractivity contribution in [3.05, 3.63) is 71.2 Å². The van der Waals surface area contributed by atoms with Crippen LogP contribution in [0.5, 0.6) is 5.75 Å². The molecule has 0 aliphatic rings. The second-order valence-corrected chi connectivity index (χ2v) is 5.83.